The summed E-state index contributed by atoms with van der Waals surface area (Å²) in [4.78, 5) is 24.4. The van der Waals surface area contributed by atoms with Gasteiger partial charge in [0.1, 0.15) is 0 Å². The molecule has 1 aromatic heterocycles. The number of H-pyrrole nitrogens is 1. The van der Waals surface area contributed by atoms with E-state index in [4.69, 9.17) is 0 Å². The first-order chi connectivity index (χ1) is 6.65. The summed E-state index contributed by atoms with van der Waals surface area (Å²) in [6.45, 7) is 1.45. The zero-order chi connectivity index (χ0) is 10.1. The fourth-order valence-electron chi connectivity index (χ4n) is 1.23. The molecule has 1 aromatic carbocycles. The fraction of sp³-hybridized carbons (Fsp3) is 0.111. The molecule has 1 amide bonds. The molecule has 0 saturated heterocycles. The number of aromatic nitrogens is 1. The van der Waals surface area contributed by atoms with E-state index in [1.807, 2.05) is 0 Å². The molecule has 0 saturated carbocycles. The van der Waals surface area contributed by atoms with E-state index in [9.17, 15) is 9.59 Å². The second-order valence-corrected chi connectivity index (χ2v) is 3.92. The molecule has 1 heterocycles. The molecule has 5 heteroatoms. The molecule has 0 atom stereocenters. The molecule has 0 radical (unpaired) electrons. The van der Waals surface area contributed by atoms with E-state index in [1.165, 1.54) is 6.92 Å². The van der Waals surface area contributed by atoms with E-state index in [2.05, 4.69) is 10.3 Å². The highest BCUT2D eigenvalue weighted by Crippen LogP contribution is 2.19. The fourth-order valence-corrected chi connectivity index (χ4v) is 2.00. The molecule has 4 nitrogen and oxygen atoms in total. The van der Waals surface area contributed by atoms with Crippen LogP contribution in [0.4, 0.5) is 5.69 Å². The number of nitrogens with one attached hydrogen (secondary N) is 2. The van der Waals surface area contributed by atoms with Crippen molar-refractivity contribution in [1.82, 2.24) is 4.98 Å². The van der Waals surface area contributed by atoms with E-state index in [-0.39, 0.29) is 10.8 Å². The van der Waals surface area contributed by atoms with Gasteiger partial charge in [0.05, 0.1) is 10.2 Å². The number of hydrogen-bond acceptors (Lipinski definition) is 3. The molecular formula is C9H8N2O2S. The third kappa shape index (κ3) is 1.67. The smallest absolute Gasteiger partial charge is 0.305 e. The molecule has 2 aromatic rings. The van der Waals surface area contributed by atoms with Gasteiger partial charge in [-0.05, 0) is 18.2 Å². The lowest BCUT2D eigenvalue weighted by atomic mass is 10.3. The van der Waals surface area contributed by atoms with Gasteiger partial charge in [0.15, 0.2) is 0 Å². The minimum atomic E-state index is -0.118. The van der Waals surface area contributed by atoms with Crippen molar-refractivity contribution in [1.29, 1.82) is 0 Å². The number of rotatable bonds is 1. The van der Waals surface area contributed by atoms with Crippen LogP contribution in [0.2, 0.25) is 0 Å². The van der Waals surface area contributed by atoms with Gasteiger partial charge in [0.25, 0.3) is 0 Å². The Morgan fingerprint density at radius 1 is 1.50 bits per heavy atom. The summed E-state index contributed by atoms with van der Waals surface area (Å²) in [6.07, 6.45) is 0. The van der Waals surface area contributed by atoms with E-state index in [0.29, 0.717) is 5.69 Å². The lowest BCUT2D eigenvalue weighted by molar-refractivity contribution is -0.114. The summed E-state index contributed by atoms with van der Waals surface area (Å²) < 4.78 is 0.848. The molecule has 72 valence electrons. The number of aromatic amines is 1. The van der Waals surface area contributed by atoms with E-state index in [0.717, 1.165) is 21.6 Å². The lowest BCUT2D eigenvalue weighted by Crippen LogP contribution is -2.05. The first-order valence-electron chi connectivity index (χ1n) is 4.05. The quantitative estimate of drug-likeness (QED) is 0.746. The Bertz CT molecular complexity index is 541. The zero-order valence-electron chi connectivity index (χ0n) is 7.46. The van der Waals surface area contributed by atoms with Gasteiger partial charge in [-0.25, -0.2) is 0 Å². The second-order valence-electron chi connectivity index (χ2n) is 2.91. The normalized spacial score (nSPS) is 10.4. The first-order valence-corrected chi connectivity index (χ1v) is 4.87. The van der Waals surface area contributed by atoms with Gasteiger partial charge in [-0.1, -0.05) is 11.3 Å². The number of benzene rings is 1. The maximum atomic E-state index is 11.0. The molecule has 2 N–H and O–H groups in total. The number of fused-ring (bicyclic) bond motifs is 1. The molecule has 0 aliphatic rings. The number of carbonyl (C=O) groups excluding carboxylic acids is 1. The van der Waals surface area contributed by atoms with Crippen LogP contribution in [-0.2, 0) is 4.79 Å². The summed E-state index contributed by atoms with van der Waals surface area (Å²) in [5.74, 6) is -0.118. The highest BCUT2D eigenvalue weighted by atomic mass is 32.1. The lowest BCUT2D eigenvalue weighted by Gasteiger charge is -2.00. The zero-order valence-corrected chi connectivity index (χ0v) is 8.27. The Morgan fingerprint density at radius 2 is 2.29 bits per heavy atom. The van der Waals surface area contributed by atoms with Crippen LogP contribution < -0.4 is 10.2 Å². The summed E-state index contributed by atoms with van der Waals surface area (Å²) in [5, 5.41) is 2.66. The van der Waals surface area contributed by atoms with Crippen LogP contribution in [0, 0.1) is 0 Å². The molecule has 0 unspecified atom stereocenters. The third-order valence-corrected chi connectivity index (χ3v) is 2.59. The number of hydrogen-bond donors (Lipinski definition) is 2. The van der Waals surface area contributed by atoms with Crippen molar-refractivity contribution in [2.24, 2.45) is 0 Å². The number of carbonyl (C=O) groups is 1. The SMILES string of the molecule is CC(=O)Nc1ccc2[nH]c(=O)sc2c1. The van der Waals surface area contributed by atoms with Gasteiger partial charge in [-0.3, -0.25) is 9.59 Å². The summed E-state index contributed by atoms with van der Waals surface area (Å²) in [5.41, 5.74) is 1.51. The topological polar surface area (TPSA) is 62.0 Å². The number of anilines is 1. The van der Waals surface area contributed by atoms with Gasteiger partial charge in [-0.15, -0.1) is 0 Å². The average molecular weight is 208 g/mol. The number of thiazole rings is 1. The maximum Gasteiger partial charge on any atom is 0.305 e. The van der Waals surface area contributed by atoms with Crippen molar-refractivity contribution in [2.45, 2.75) is 6.92 Å². The van der Waals surface area contributed by atoms with Crippen molar-refractivity contribution in [2.75, 3.05) is 5.32 Å². The third-order valence-electron chi connectivity index (χ3n) is 1.74. The molecule has 14 heavy (non-hydrogen) atoms. The van der Waals surface area contributed by atoms with Crippen molar-refractivity contribution in [3.05, 3.63) is 27.9 Å². The molecule has 0 fully saturated rings. The van der Waals surface area contributed by atoms with Crippen LogP contribution in [0.15, 0.2) is 23.0 Å². The highest BCUT2D eigenvalue weighted by molar-refractivity contribution is 7.16. The van der Waals surface area contributed by atoms with Gasteiger partial charge >= 0.3 is 4.87 Å². The van der Waals surface area contributed by atoms with Crippen LogP contribution in [0.5, 0.6) is 0 Å². The van der Waals surface area contributed by atoms with Crippen LogP contribution >= 0.6 is 11.3 Å². The minimum absolute atomic E-state index is 0.0834. The maximum absolute atomic E-state index is 11.0. The van der Waals surface area contributed by atoms with Gasteiger partial charge < -0.3 is 10.3 Å². The van der Waals surface area contributed by atoms with Crippen molar-refractivity contribution in [3.63, 3.8) is 0 Å². The van der Waals surface area contributed by atoms with Crippen LogP contribution in [0.1, 0.15) is 6.92 Å². The Labute approximate surface area is 83.6 Å². The summed E-state index contributed by atoms with van der Waals surface area (Å²) >= 11 is 1.13. The van der Waals surface area contributed by atoms with Gasteiger partial charge in [0.2, 0.25) is 5.91 Å². The van der Waals surface area contributed by atoms with E-state index >= 15 is 0 Å². The predicted molar refractivity (Wildman–Crippen MR) is 56.7 cm³/mol. The summed E-state index contributed by atoms with van der Waals surface area (Å²) in [6, 6.07) is 5.31. The minimum Gasteiger partial charge on any atom is -0.326 e. The van der Waals surface area contributed by atoms with Crippen LogP contribution in [0.25, 0.3) is 10.2 Å². The average Bonchev–Trinajstić information content (AvgIpc) is 2.42. The highest BCUT2D eigenvalue weighted by Gasteiger charge is 2.01. The Morgan fingerprint density at radius 3 is 3.00 bits per heavy atom. The Hall–Kier alpha value is -1.62. The summed E-state index contributed by atoms with van der Waals surface area (Å²) in [7, 11) is 0. The van der Waals surface area contributed by atoms with Gasteiger partial charge in [-0.2, -0.15) is 0 Å². The Kier molecular flexibility index (Phi) is 2.09. The largest absolute Gasteiger partial charge is 0.326 e. The van der Waals surface area contributed by atoms with Gasteiger partial charge in [0, 0.05) is 12.6 Å². The predicted octanol–water partition coefficient (Wildman–Crippen LogP) is 1.55. The van der Waals surface area contributed by atoms with Crippen molar-refractivity contribution >= 4 is 33.1 Å². The van der Waals surface area contributed by atoms with E-state index in [1.54, 1.807) is 18.2 Å². The molecule has 2 rings (SSSR count). The molecule has 0 aliphatic carbocycles. The Balaban J connectivity index is 2.50. The second kappa shape index (κ2) is 3.26. The van der Waals surface area contributed by atoms with Crippen molar-refractivity contribution < 1.29 is 4.79 Å². The van der Waals surface area contributed by atoms with Crippen LogP contribution in [-0.4, -0.2) is 10.9 Å². The molecule has 0 bridgehead atoms. The standard InChI is InChI=1S/C9H8N2O2S/c1-5(12)10-6-2-3-7-8(4-6)14-9(13)11-7/h2-4H,1H3,(H,10,12)(H,11,13). The van der Waals surface area contributed by atoms with Crippen LogP contribution in [0.3, 0.4) is 0 Å². The molecule has 0 aliphatic heterocycles. The van der Waals surface area contributed by atoms with E-state index < -0.39 is 0 Å². The van der Waals surface area contributed by atoms with Crippen molar-refractivity contribution in [3.8, 4) is 0 Å². The monoisotopic (exact) mass is 208 g/mol. The number of amides is 1. The molecular weight excluding hydrogens is 200 g/mol. The molecule has 0 spiro atoms. The first kappa shape index (κ1) is 8.96.